The molecule has 1 fully saturated rings. The van der Waals surface area contributed by atoms with E-state index in [2.05, 4.69) is 5.10 Å². The highest BCUT2D eigenvalue weighted by atomic mass is 16.5. The molecule has 0 saturated carbocycles. The Hall–Kier alpha value is -2.18. The van der Waals surface area contributed by atoms with Crippen molar-refractivity contribution in [1.82, 2.24) is 14.7 Å². The molecule has 1 atom stereocenters. The van der Waals surface area contributed by atoms with Gasteiger partial charge in [-0.05, 0) is 12.1 Å². The Morgan fingerprint density at radius 3 is 2.95 bits per heavy atom. The average molecular weight is 286 g/mol. The van der Waals surface area contributed by atoms with Gasteiger partial charge >= 0.3 is 0 Å². The minimum absolute atomic E-state index is 0.0454. The number of ether oxygens (including phenoxy) is 1. The van der Waals surface area contributed by atoms with Gasteiger partial charge in [0.05, 0.1) is 36.7 Å². The maximum atomic E-state index is 12.6. The summed E-state index contributed by atoms with van der Waals surface area (Å²) < 4.78 is 7.07. The van der Waals surface area contributed by atoms with Crippen LogP contribution >= 0.6 is 0 Å². The Labute approximate surface area is 123 Å². The van der Waals surface area contributed by atoms with Crippen molar-refractivity contribution in [3.63, 3.8) is 0 Å². The zero-order chi connectivity index (χ0) is 14.7. The molecule has 0 bridgehead atoms. The molecule has 2 N–H and O–H groups in total. The van der Waals surface area contributed by atoms with Crippen LogP contribution in [-0.2, 0) is 4.74 Å². The largest absolute Gasteiger partial charge is 0.377 e. The number of morpholine rings is 1. The maximum Gasteiger partial charge on any atom is 0.257 e. The summed E-state index contributed by atoms with van der Waals surface area (Å²) in [7, 11) is 0. The molecule has 6 heteroatoms. The molecule has 1 unspecified atom stereocenters. The summed E-state index contributed by atoms with van der Waals surface area (Å²) in [6, 6.07) is 9.64. The van der Waals surface area contributed by atoms with E-state index >= 15 is 0 Å². The van der Waals surface area contributed by atoms with Crippen molar-refractivity contribution in [2.75, 3.05) is 26.3 Å². The van der Waals surface area contributed by atoms with Crippen LogP contribution in [0.5, 0.6) is 0 Å². The van der Waals surface area contributed by atoms with Gasteiger partial charge in [-0.1, -0.05) is 18.2 Å². The van der Waals surface area contributed by atoms with Gasteiger partial charge in [-0.2, -0.15) is 5.10 Å². The molecule has 1 aliphatic rings. The maximum absolute atomic E-state index is 12.6. The number of nitrogens with zero attached hydrogens (tertiary/aromatic N) is 3. The summed E-state index contributed by atoms with van der Waals surface area (Å²) in [4.78, 5) is 14.3. The second-order valence-electron chi connectivity index (χ2n) is 4.97. The molecule has 21 heavy (non-hydrogen) atoms. The van der Waals surface area contributed by atoms with Crippen molar-refractivity contribution >= 4 is 5.91 Å². The molecule has 3 rings (SSSR count). The van der Waals surface area contributed by atoms with Crippen LogP contribution in [0.1, 0.15) is 10.4 Å². The number of nitrogens with two attached hydrogens (primary N) is 1. The number of para-hydroxylation sites is 1. The van der Waals surface area contributed by atoms with E-state index in [-0.39, 0.29) is 11.9 Å². The van der Waals surface area contributed by atoms with Gasteiger partial charge < -0.3 is 15.4 Å². The van der Waals surface area contributed by atoms with Crippen molar-refractivity contribution in [1.29, 1.82) is 0 Å². The number of amides is 1. The molecule has 1 aromatic heterocycles. The van der Waals surface area contributed by atoms with Crippen LogP contribution in [0.3, 0.4) is 0 Å². The fourth-order valence-electron chi connectivity index (χ4n) is 2.44. The highest BCUT2D eigenvalue weighted by molar-refractivity contribution is 5.94. The minimum atomic E-state index is -0.0636. The van der Waals surface area contributed by atoms with Crippen molar-refractivity contribution in [2.24, 2.45) is 5.73 Å². The number of carbonyl (C=O) groups excluding carboxylic acids is 1. The highest BCUT2D eigenvalue weighted by Gasteiger charge is 2.27. The van der Waals surface area contributed by atoms with Gasteiger partial charge in [-0.25, -0.2) is 4.68 Å². The lowest BCUT2D eigenvalue weighted by Crippen LogP contribution is -2.52. The summed E-state index contributed by atoms with van der Waals surface area (Å²) in [5.41, 5.74) is 7.20. The third kappa shape index (κ3) is 2.81. The predicted molar refractivity (Wildman–Crippen MR) is 78.3 cm³/mol. The van der Waals surface area contributed by atoms with E-state index in [1.165, 1.54) is 0 Å². The van der Waals surface area contributed by atoms with Crippen molar-refractivity contribution in [2.45, 2.75) is 6.04 Å². The predicted octanol–water partition coefficient (Wildman–Crippen LogP) is 0.672. The zero-order valence-corrected chi connectivity index (χ0v) is 11.7. The lowest BCUT2D eigenvalue weighted by Gasteiger charge is -2.34. The fraction of sp³-hybridized carbons (Fsp3) is 0.333. The van der Waals surface area contributed by atoms with Crippen LogP contribution in [0.4, 0.5) is 0 Å². The van der Waals surface area contributed by atoms with Crippen molar-refractivity contribution < 1.29 is 9.53 Å². The molecule has 6 nitrogen and oxygen atoms in total. The first-order valence-electron chi connectivity index (χ1n) is 6.98. The van der Waals surface area contributed by atoms with Crippen LogP contribution in [0, 0.1) is 0 Å². The second-order valence-corrected chi connectivity index (χ2v) is 4.97. The first-order valence-corrected chi connectivity index (χ1v) is 6.98. The number of aromatic nitrogens is 2. The van der Waals surface area contributed by atoms with Crippen molar-refractivity contribution in [3.8, 4) is 5.69 Å². The van der Waals surface area contributed by atoms with E-state index in [4.69, 9.17) is 10.5 Å². The molecule has 2 aromatic rings. The van der Waals surface area contributed by atoms with Gasteiger partial charge in [-0.3, -0.25) is 4.79 Å². The first kappa shape index (κ1) is 13.8. The normalized spacial score (nSPS) is 18.7. The molecule has 0 aliphatic carbocycles. The van der Waals surface area contributed by atoms with E-state index in [0.29, 0.717) is 31.9 Å². The average Bonchev–Trinajstić information content (AvgIpc) is 3.05. The second kappa shape index (κ2) is 6.07. The molecule has 1 aliphatic heterocycles. The molecule has 0 radical (unpaired) electrons. The Bertz CT molecular complexity index is 611. The molecular weight excluding hydrogens is 268 g/mol. The van der Waals surface area contributed by atoms with E-state index in [9.17, 15) is 4.79 Å². The van der Waals surface area contributed by atoms with Gasteiger partial charge in [0.2, 0.25) is 0 Å². The number of hydrogen-bond acceptors (Lipinski definition) is 4. The highest BCUT2D eigenvalue weighted by Crippen LogP contribution is 2.13. The van der Waals surface area contributed by atoms with Gasteiger partial charge in [0, 0.05) is 19.3 Å². The molecule has 1 amide bonds. The van der Waals surface area contributed by atoms with E-state index in [0.717, 1.165) is 5.69 Å². The lowest BCUT2D eigenvalue weighted by atomic mass is 10.2. The Kier molecular flexibility index (Phi) is 3.98. The minimum Gasteiger partial charge on any atom is -0.377 e. The number of rotatable bonds is 3. The van der Waals surface area contributed by atoms with E-state index in [1.54, 1.807) is 22.0 Å². The van der Waals surface area contributed by atoms with E-state index < -0.39 is 0 Å². The molecular formula is C15H18N4O2. The number of hydrogen-bond donors (Lipinski definition) is 1. The zero-order valence-electron chi connectivity index (χ0n) is 11.7. The SMILES string of the molecule is NCC1COCCN1C(=O)c1cnn(-c2ccccc2)c1. The van der Waals surface area contributed by atoms with Crippen molar-refractivity contribution in [3.05, 3.63) is 48.3 Å². The summed E-state index contributed by atoms with van der Waals surface area (Å²) in [6.07, 6.45) is 3.35. The Balaban J connectivity index is 1.81. The van der Waals surface area contributed by atoms with E-state index in [1.807, 2.05) is 30.3 Å². The van der Waals surface area contributed by atoms with Gasteiger partial charge in [0.15, 0.2) is 0 Å². The van der Waals surface area contributed by atoms with Crippen LogP contribution in [0.25, 0.3) is 5.69 Å². The third-order valence-electron chi connectivity index (χ3n) is 3.61. The van der Waals surface area contributed by atoms with Gasteiger partial charge in [-0.15, -0.1) is 0 Å². The number of benzene rings is 1. The van der Waals surface area contributed by atoms with Crippen LogP contribution in [0.2, 0.25) is 0 Å². The molecule has 1 aromatic carbocycles. The molecule has 1 saturated heterocycles. The summed E-state index contributed by atoms with van der Waals surface area (Å²) in [5.74, 6) is -0.0454. The molecule has 2 heterocycles. The molecule has 110 valence electrons. The smallest absolute Gasteiger partial charge is 0.257 e. The van der Waals surface area contributed by atoms with Gasteiger partial charge in [0.1, 0.15) is 0 Å². The third-order valence-corrected chi connectivity index (χ3v) is 3.61. The summed E-state index contributed by atoms with van der Waals surface area (Å²) >= 11 is 0. The topological polar surface area (TPSA) is 73.4 Å². The quantitative estimate of drug-likeness (QED) is 0.900. The standard InChI is InChI=1S/C15H18N4O2/c16-8-14-11-21-7-6-18(14)15(20)12-9-17-19(10-12)13-4-2-1-3-5-13/h1-5,9-10,14H,6-8,11,16H2. The Morgan fingerprint density at radius 1 is 1.38 bits per heavy atom. The van der Waals surface area contributed by atoms with Crippen LogP contribution in [0.15, 0.2) is 42.7 Å². The monoisotopic (exact) mass is 286 g/mol. The van der Waals surface area contributed by atoms with Crippen LogP contribution < -0.4 is 5.73 Å². The fourth-order valence-corrected chi connectivity index (χ4v) is 2.44. The molecule has 0 spiro atoms. The van der Waals surface area contributed by atoms with Gasteiger partial charge in [0.25, 0.3) is 5.91 Å². The first-order chi connectivity index (χ1) is 10.3. The lowest BCUT2D eigenvalue weighted by molar-refractivity contribution is 0.000838. The van der Waals surface area contributed by atoms with Crippen LogP contribution in [-0.4, -0.2) is 52.9 Å². The Morgan fingerprint density at radius 2 is 2.19 bits per heavy atom. The number of carbonyl (C=O) groups is 1. The summed E-state index contributed by atoms with van der Waals surface area (Å²) in [6.45, 7) is 2.01. The summed E-state index contributed by atoms with van der Waals surface area (Å²) in [5, 5.41) is 4.26.